The van der Waals surface area contributed by atoms with Crippen LogP contribution in [0, 0.1) is 0 Å². The standard InChI is InChI=1S/C10H19NO4/c1-2-3-4-7-11-8(10(14)15)5-6-9(12)13/h8,11H,2-7H2,1H3,(H,12,13)(H,14,15)/t8-/m0/s1. The van der Waals surface area contributed by atoms with Gasteiger partial charge in [0.2, 0.25) is 0 Å². The van der Waals surface area contributed by atoms with Crippen LogP contribution in [-0.2, 0) is 9.59 Å². The second kappa shape index (κ2) is 8.23. The largest absolute Gasteiger partial charge is 0.481 e. The number of rotatable bonds is 9. The van der Waals surface area contributed by atoms with Crippen molar-refractivity contribution in [3.05, 3.63) is 0 Å². The van der Waals surface area contributed by atoms with Crippen LogP contribution in [0.4, 0.5) is 0 Å². The van der Waals surface area contributed by atoms with Gasteiger partial charge in [-0.2, -0.15) is 0 Å². The van der Waals surface area contributed by atoms with Gasteiger partial charge in [0.05, 0.1) is 0 Å². The Hall–Kier alpha value is -1.10. The van der Waals surface area contributed by atoms with Gasteiger partial charge in [-0.3, -0.25) is 9.59 Å². The molecule has 3 N–H and O–H groups in total. The first-order valence-corrected chi connectivity index (χ1v) is 5.26. The van der Waals surface area contributed by atoms with E-state index in [0.717, 1.165) is 19.3 Å². The third-order valence-electron chi connectivity index (χ3n) is 2.12. The fraction of sp³-hybridized carbons (Fsp3) is 0.800. The van der Waals surface area contributed by atoms with Gasteiger partial charge in [-0.05, 0) is 19.4 Å². The average molecular weight is 217 g/mol. The van der Waals surface area contributed by atoms with Gasteiger partial charge in [-0.1, -0.05) is 19.8 Å². The molecule has 0 aromatic heterocycles. The molecule has 0 radical (unpaired) electrons. The summed E-state index contributed by atoms with van der Waals surface area (Å²) in [6, 6.07) is -0.738. The number of carboxylic acid groups (broad SMARTS) is 2. The van der Waals surface area contributed by atoms with Crippen molar-refractivity contribution in [1.82, 2.24) is 5.32 Å². The fourth-order valence-electron chi connectivity index (χ4n) is 1.23. The Kier molecular flexibility index (Phi) is 7.62. The summed E-state index contributed by atoms with van der Waals surface area (Å²) in [6.45, 7) is 2.70. The van der Waals surface area contributed by atoms with E-state index in [9.17, 15) is 9.59 Å². The Bertz CT molecular complexity index is 206. The summed E-state index contributed by atoms with van der Waals surface area (Å²) in [5, 5.41) is 20.1. The van der Waals surface area contributed by atoms with Crippen LogP contribution in [0.15, 0.2) is 0 Å². The molecule has 15 heavy (non-hydrogen) atoms. The molecule has 0 aliphatic heterocycles. The lowest BCUT2D eigenvalue weighted by atomic mass is 10.1. The lowest BCUT2D eigenvalue weighted by Crippen LogP contribution is -2.37. The van der Waals surface area contributed by atoms with Gasteiger partial charge in [0.1, 0.15) is 6.04 Å². The van der Waals surface area contributed by atoms with Crippen LogP contribution in [0.5, 0.6) is 0 Å². The van der Waals surface area contributed by atoms with Crippen LogP contribution in [0.25, 0.3) is 0 Å². The van der Waals surface area contributed by atoms with Crippen LogP contribution in [0.3, 0.4) is 0 Å². The van der Waals surface area contributed by atoms with Crippen LogP contribution < -0.4 is 5.32 Å². The van der Waals surface area contributed by atoms with Crippen molar-refractivity contribution in [2.45, 2.75) is 45.1 Å². The number of nitrogens with one attached hydrogen (secondary N) is 1. The topological polar surface area (TPSA) is 86.6 Å². The van der Waals surface area contributed by atoms with E-state index in [1.54, 1.807) is 0 Å². The minimum atomic E-state index is -0.979. The number of hydrogen-bond acceptors (Lipinski definition) is 3. The lowest BCUT2D eigenvalue weighted by Gasteiger charge is -2.12. The van der Waals surface area contributed by atoms with Gasteiger partial charge < -0.3 is 15.5 Å². The highest BCUT2D eigenvalue weighted by molar-refractivity contribution is 5.75. The molecule has 5 heteroatoms. The predicted molar refractivity (Wildman–Crippen MR) is 55.8 cm³/mol. The first-order chi connectivity index (χ1) is 7.07. The minimum Gasteiger partial charge on any atom is -0.481 e. The van der Waals surface area contributed by atoms with Gasteiger partial charge in [0.25, 0.3) is 0 Å². The molecule has 0 spiro atoms. The maximum Gasteiger partial charge on any atom is 0.320 e. The highest BCUT2D eigenvalue weighted by atomic mass is 16.4. The summed E-state index contributed by atoms with van der Waals surface area (Å²) in [5.41, 5.74) is 0. The quantitative estimate of drug-likeness (QED) is 0.503. The SMILES string of the molecule is CCCCCN[C@@H](CCC(=O)O)C(=O)O. The third-order valence-corrected chi connectivity index (χ3v) is 2.12. The smallest absolute Gasteiger partial charge is 0.320 e. The first-order valence-electron chi connectivity index (χ1n) is 5.26. The van der Waals surface area contributed by atoms with Crippen molar-refractivity contribution in [2.24, 2.45) is 0 Å². The number of carbonyl (C=O) groups is 2. The Morgan fingerprint density at radius 1 is 1.27 bits per heavy atom. The zero-order valence-corrected chi connectivity index (χ0v) is 9.03. The van der Waals surface area contributed by atoms with E-state index in [1.807, 2.05) is 0 Å². The number of carboxylic acids is 2. The molecule has 0 saturated heterocycles. The van der Waals surface area contributed by atoms with E-state index in [4.69, 9.17) is 10.2 Å². The second-order valence-corrected chi connectivity index (χ2v) is 3.48. The highest BCUT2D eigenvalue weighted by Crippen LogP contribution is 1.99. The Morgan fingerprint density at radius 3 is 2.40 bits per heavy atom. The van der Waals surface area contributed by atoms with Gasteiger partial charge in [-0.25, -0.2) is 0 Å². The molecule has 0 aliphatic rings. The fourth-order valence-corrected chi connectivity index (χ4v) is 1.23. The maximum atomic E-state index is 10.7. The Balaban J connectivity index is 3.73. The maximum absolute atomic E-state index is 10.7. The molecular formula is C10H19NO4. The highest BCUT2D eigenvalue weighted by Gasteiger charge is 2.17. The van der Waals surface area contributed by atoms with E-state index in [-0.39, 0.29) is 12.8 Å². The van der Waals surface area contributed by atoms with Crippen molar-refractivity contribution in [2.75, 3.05) is 6.54 Å². The summed E-state index contributed by atoms with van der Waals surface area (Å²) in [4.78, 5) is 21.0. The molecule has 0 saturated carbocycles. The van der Waals surface area contributed by atoms with Gasteiger partial charge >= 0.3 is 11.9 Å². The molecule has 0 amide bonds. The molecule has 88 valence electrons. The molecule has 0 fully saturated rings. The van der Waals surface area contributed by atoms with Crippen molar-refractivity contribution >= 4 is 11.9 Å². The molecule has 0 unspecified atom stereocenters. The van der Waals surface area contributed by atoms with E-state index >= 15 is 0 Å². The van der Waals surface area contributed by atoms with Gasteiger partial charge in [0.15, 0.2) is 0 Å². The minimum absolute atomic E-state index is 0.113. The molecule has 0 heterocycles. The molecule has 1 atom stereocenters. The van der Waals surface area contributed by atoms with Crippen molar-refractivity contribution in [3.8, 4) is 0 Å². The Labute approximate surface area is 89.5 Å². The second-order valence-electron chi connectivity index (χ2n) is 3.48. The number of hydrogen-bond donors (Lipinski definition) is 3. The zero-order chi connectivity index (χ0) is 11.7. The van der Waals surface area contributed by atoms with E-state index in [2.05, 4.69) is 12.2 Å². The van der Waals surface area contributed by atoms with Crippen LogP contribution in [-0.4, -0.2) is 34.7 Å². The molecule has 0 aromatic rings. The van der Waals surface area contributed by atoms with Crippen molar-refractivity contribution in [1.29, 1.82) is 0 Å². The van der Waals surface area contributed by atoms with Crippen LogP contribution in [0.2, 0.25) is 0 Å². The summed E-state index contributed by atoms with van der Waals surface area (Å²) in [6.07, 6.45) is 3.08. The summed E-state index contributed by atoms with van der Waals surface area (Å²) >= 11 is 0. The summed E-state index contributed by atoms with van der Waals surface area (Å²) < 4.78 is 0. The molecule has 0 bridgehead atoms. The lowest BCUT2D eigenvalue weighted by molar-refractivity contribution is -0.140. The van der Waals surface area contributed by atoms with Crippen molar-refractivity contribution in [3.63, 3.8) is 0 Å². The van der Waals surface area contributed by atoms with E-state index in [0.29, 0.717) is 6.54 Å². The van der Waals surface area contributed by atoms with Gasteiger partial charge in [0, 0.05) is 6.42 Å². The average Bonchev–Trinajstić information content (AvgIpc) is 2.15. The predicted octanol–water partition coefficient (Wildman–Crippen LogP) is 1.08. The normalized spacial score (nSPS) is 12.3. The third kappa shape index (κ3) is 7.93. The zero-order valence-electron chi connectivity index (χ0n) is 9.03. The molecular weight excluding hydrogens is 198 g/mol. The Morgan fingerprint density at radius 2 is 1.93 bits per heavy atom. The molecule has 0 aliphatic carbocycles. The molecule has 5 nitrogen and oxygen atoms in total. The monoisotopic (exact) mass is 217 g/mol. The van der Waals surface area contributed by atoms with Crippen LogP contribution in [0.1, 0.15) is 39.0 Å². The summed E-state index contributed by atoms with van der Waals surface area (Å²) in [7, 11) is 0. The number of unbranched alkanes of at least 4 members (excludes halogenated alkanes) is 2. The van der Waals surface area contributed by atoms with E-state index < -0.39 is 18.0 Å². The van der Waals surface area contributed by atoms with Crippen LogP contribution >= 0.6 is 0 Å². The number of aliphatic carboxylic acids is 2. The molecule has 0 rings (SSSR count). The summed E-state index contributed by atoms with van der Waals surface area (Å²) in [5.74, 6) is -1.94. The van der Waals surface area contributed by atoms with Crippen molar-refractivity contribution < 1.29 is 19.8 Å². The first kappa shape index (κ1) is 13.9. The van der Waals surface area contributed by atoms with Gasteiger partial charge in [-0.15, -0.1) is 0 Å². The van der Waals surface area contributed by atoms with E-state index in [1.165, 1.54) is 0 Å². The molecule has 0 aromatic carbocycles.